The molecule has 2 amide bonds. The lowest BCUT2D eigenvalue weighted by Crippen LogP contribution is -2.50. The summed E-state index contributed by atoms with van der Waals surface area (Å²) in [5.74, 6) is 2.06. The average molecular weight is 438 g/mol. The number of nitrogens with zero attached hydrogens (tertiary/aromatic N) is 3. The maximum atomic E-state index is 12.4. The number of unbranched alkanes of at least 4 members (excludes halogenated alkanes) is 2. The predicted molar refractivity (Wildman–Crippen MR) is 129 cm³/mol. The lowest BCUT2D eigenvalue weighted by molar-refractivity contribution is -0.140. The Labute approximate surface area is 190 Å². The monoisotopic (exact) mass is 437 g/mol. The summed E-state index contributed by atoms with van der Waals surface area (Å²) in [5.41, 5.74) is 5.98. The van der Waals surface area contributed by atoms with Gasteiger partial charge in [0.2, 0.25) is 11.8 Å². The molecular weight excluding hydrogens is 390 g/mol. The number of hydrogen-bond donors (Lipinski definition) is 2. The SMILES string of the molecule is CC(C)CCCC(C)NC(N)=NCCCCCC(=O)N1CCN(C(=O)CC(C)C)CC1. The Balaban J connectivity index is 2.11. The van der Waals surface area contributed by atoms with E-state index in [1.54, 1.807) is 0 Å². The van der Waals surface area contributed by atoms with Gasteiger partial charge in [-0.25, -0.2) is 0 Å². The molecule has 7 nitrogen and oxygen atoms in total. The van der Waals surface area contributed by atoms with Crippen molar-refractivity contribution < 1.29 is 9.59 Å². The summed E-state index contributed by atoms with van der Waals surface area (Å²) >= 11 is 0. The number of rotatable bonds is 13. The van der Waals surface area contributed by atoms with Crippen LogP contribution in [0.4, 0.5) is 0 Å². The van der Waals surface area contributed by atoms with Gasteiger partial charge in [-0.3, -0.25) is 14.6 Å². The molecule has 0 aromatic carbocycles. The van der Waals surface area contributed by atoms with Crippen LogP contribution < -0.4 is 11.1 Å². The second kappa shape index (κ2) is 15.1. The molecule has 0 radical (unpaired) electrons. The molecule has 1 saturated heterocycles. The Morgan fingerprint density at radius 1 is 0.839 bits per heavy atom. The van der Waals surface area contributed by atoms with Gasteiger partial charge in [0.25, 0.3) is 0 Å². The quantitative estimate of drug-likeness (QED) is 0.262. The first kappa shape index (κ1) is 27.2. The Morgan fingerprint density at radius 3 is 2.03 bits per heavy atom. The minimum absolute atomic E-state index is 0.205. The number of guanidine groups is 1. The number of nitrogens with one attached hydrogen (secondary N) is 1. The van der Waals surface area contributed by atoms with E-state index in [2.05, 4.69) is 44.9 Å². The third-order valence-corrected chi connectivity index (χ3v) is 5.71. The molecule has 0 saturated carbocycles. The van der Waals surface area contributed by atoms with Crippen LogP contribution in [-0.4, -0.2) is 66.3 Å². The summed E-state index contributed by atoms with van der Waals surface area (Å²) in [7, 11) is 0. The fraction of sp³-hybridized carbons (Fsp3) is 0.875. The van der Waals surface area contributed by atoms with Crippen LogP contribution in [0.5, 0.6) is 0 Å². The molecule has 7 heteroatoms. The number of carbonyl (C=O) groups excluding carboxylic acids is 2. The maximum Gasteiger partial charge on any atom is 0.222 e. The molecule has 3 N–H and O–H groups in total. The van der Waals surface area contributed by atoms with Crippen LogP contribution in [0.3, 0.4) is 0 Å². The lowest BCUT2D eigenvalue weighted by atomic mass is 10.0. The first-order valence-corrected chi connectivity index (χ1v) is 12.3. The van der Waals surface area contributed by atoms with Crippen LogP contribution >= 0.6 is 0 Å². The summed E-state index contributed by atoms with van der Waals surface area (Å²) in [5, 5.41) is 3.27. The molecule has 0 spiro atoms. The van der Waals surface area contributed by atoms with Gasteiger partial charge in [-0.1, -0.05) is 47.0 Å². The lowest BCUT2D eigenvalue weighted by Gasteiger charge is -2.35. The van der Waals surface area contributed by atoms with Gasteiger partial charge < -0.3 is 20.9 Å². The van der Waals surface area contributed by atoms with Crippen molar-refractivity contribution in [1.29, 1.82) is 0 Å². The zero-order valence-corrected chi connectivity index (χ0v) is 20.7. The van der Waals surface area contributed by atoms with Gasteiger partial charge in [0.05, 0.1) is 0 Å². The summed E-state index contributed by atoms with van der Waals surface area (Å²) in [4.78, 5) is 32.7. The van der Waals surface area contributed by atoms with Crippen molar-refractivity contribution in [3.8, 4) is 0 Å². The van der Waals surface area contributed by atoms with Crippen LogP contribution in [0.2, 0.25) is 0 Å². The average Bonchev–Trinajstić information content (AvgIpc) is 2.69. The Hall–Kier alpha value is -1.79. The first-order chi connectivity index (χ1) is 14.7. The van der Waals surface area contributed by atoms with E-state index in [1.165, 1.54) is 12.8 Å². The molecule has 31 heavy (non-hydrogen) atoms. The van der Waals surface area contributed by atoms with Crippen molar-refractivity contribution >= 4 is 17.8 Å². The van der Waals surface area contributed by atoms with E-state index in [0.717, 1.165) is 31.6 Å². The first-order valence-electron chi connectivity index (χ1n) is 12.3. The summed E-state index contributed by atoms with van der Waals surface area (Å²) in [6, 6.07) is 0.348. The molecule has 1 heterocycles. The fourth-order valence-electron chi connectivity index (χ4n) is 3.81. The number of carbonyl (C=O) groups is 2. The van der Waals surface area contributed by atoms with Gasteiger partial charge in [0.15, 0.2) is 5.96 Å². The second-order valence-corrected chi connectivity index (χ2v) is 9.81. The topological polar surface area (TPSA) is 91.0 Å². The molecule has 0 bridgehead atoms. The zero-order chi connectivity index (χ0) is 23.2. The van der Waals surface area contributed by atoms with Crippen molar-refractivity contribution in [2.24, 2.45) is 22.6 Å². The fourth-order valence-corrected chi connectivity index (χ4v) is 3.81. The number of nitrogens with two attached hydrogens (primary N) is 1. The van der Waals surface area contributed by atoms with Crippen LogP contribution in [0, 0.1) is 11.8 Å². The number of piperazine rings is 1. The van der Waals surface area contributed by atoms with Crippen molar-refractivity contribution in [1.82, 2.24) is 15.1 Å². The molecule has 0 aliphatic carbocycles. The number of hydrogen-bond acceptors (Lipinski definition) is 3. The molecule has 1 aliphatic rings. The highest BCUT2D eigenvalue weighted by molar-refractivity contribution is 5.79. The van der Waals surface area contributed by atoms with Gasteiger partial charge in [-0.15, -0.1) is 0 Å². The zero-order valence-electron chi connectivity index (χ0n) is 20.7. The molecule has 0 aromatic rings. The highest BCUT2D eigenvalue weighted by Gasteiger charge is 2.23. The Bertz CT molecular complexity index is 554. The van der Waals surface area contributed by atoms with Crippen molar-refractivity contribution in [3.05, 3.63) is 0 Å². The van der Waals surface area contributed by atoms with E-state index in [9.17, 15) is 9.59 Å². The Kier molecular flexibility index (Phi) is 13.3. The van der Waals surface area contributed by atoms with Crippen LogP contribution in [0.15, 0.2) is 4.99 Å². The molecular formula is C24H47N5O2. The van der Waals surface area contributed by atoms with Crippen molar-refractivity contribution in [3.63, 3.8) is 0 Å². The van der Waals surface area contributed by atoms with E-state index >= 15 is 0 Å². The number of amides is 2. The molecule has 1 rings (SSSR count). The smallest absolute Gasteiger partial charge is 0.222 e. The summed E-state index contributed by atoms with van der Waals surface area (Å²) < 4.78 is 0. The van der Waals surface area contributed by atoms with Crippen molar-refractivity contribution in [2.45, 2.75) is 92.0 Å². The molecule has 1 atom stereocenters. The predicted octanol–water partition coefficient (Wildman–Crippen LogP) is 3.38. The molecule has 1 unspecified atom stereocenters. The molecule has 1 aliphatic heterocycles. The number of aliphatic imine (C=N–C) groups is 1. The highest BCUT2D eigenvalue weighted by Crippen LogP contribution is 2.11. The molecule has 180 valence electrons. The van der Waals surface area contributed by atoms with E-state index in [1.807, 2.05) is 9.80 Å². The van der Waals surface area contributed by atoms with Crippen LogP contribution in [-0.2, 0) is 9.59 Å². The summed E-state index contributed by atoms with van der Waals surface area (Å²) in [6.45, 7) is 14.1. The van der Waals surface area contributed by atoms with E-state index in [4.69, 9.17) is 5.73 Å². The van der Waals surface area contributed by atoms with E-state index < -0.39 is 0 Å². The minimum atomic E-state index is 0.205. The van der Waals surface area contributed by atoms with Crippen LogP contribution in [0.1, 0.15) is 86.0 Å². The van der Waals surface area contributed by atoms with Gasteiger partial charge in [-0.2, -0.15) is 0 Å². The summed E-state index contributed by atoms with van der Waals surface area (Å²) in [6.07, 6.45) is 7.51. The van der Waals surface area contributed by atoms with E-state index in [-0.39, 0.29) is 11.8 Å². The second-order valence-electron chi connectivity index (χ2n) is 9.81. The van der Waals surface area contributed by atoms with Gasteiger partial charge >= 0.3 is 0 Å². The third kappa shape index (κ3) is 12.6. The minimum Gasteiger partial charge on any atom is -0.370 e. The van der Waals surface area contributed by atoms with E-state index in [0.29, 0.717) is 63.5 Å². The molecule has 1 fully saturated rings. The Morgan fingerprint density at radius 2 is 1.45 bits per heavy atom. The van der Waals surface area contributed by atoms with Gasteiger partial charge in [-0.05, 0) is 38.0 Å². The normalized spacial score (nSPS) is 16.2. The maximum absolute atomic E-state index is 12.4. The van der Waals surface area contributed by atoms with Gasteiger partial charge in [0, 0.05) is 51.6 Å². The largest absolute Gasteiger partial charge is 0.370 e. The standard InChI is InChI=1S/C24H47N5O2/c1-19(2)10-9-11-21(5)27-24(25)26-13-8-6-7-12-22(30)28-14-16-29(17-15-28)23(31)18-20(3)4/h19-21H,6-18H2,1-5H3,(H3,25,26,27). The van der Waals surface area contributed by atoms with Crippen LogP contribution in [0.25, 0.3) is 0 Å². The third-order valence-electron chi connectivity index (χ3n) is 5.71. The van der Waals surface area contributed by atoms with Crippen molar-refractivity contribution in [2.75, 3.05) is 32.7 Å². The van der Waals surface area contributed by atoms with Gasteiger partial charge in [0.1, 0.15) is 0 Å². The molecule has 0 aromatic heterocycles. The highest BCUT2D eigenvalue weighted by atomic mass is 16.2.